The third-order valence-corrected chi connectivity index (χ3v) is 2.92. The highest BCUT2D eigenvalue weighted by atomic mass is 19.1. The van der Waals surface area contributed by atoms with Gasteiger partial charge in [-0.3, -0.25) is 0 Å². The summed E-state index contributed by atoms with van der Waals surface area (Å²) < 4.78 is 32.6. The molecule has 1 aromatic heterocycles. The average Bonchev–Trinajstić information content (AvgIpc) is 2.71. The molecule has 1 aromatic carbocycles. The molecule has 0 aliphatic rings. The molecule has 0 aliphatic carbocycles. The first-order chi connectivity index (χ1) is 9.51. The predicted octanol–water partition coefficient (Wildman–Crippen LogP) is 2.73. The van der Waals surface area contributed by atoms with E-state index >= 15 is 0 Å². The van der Waals surface area contributed by atoms with Crippen LogP contribution in [0.3, 0.4) is 0 Å². The summed E-state index contributed by atoms with van der Waals surface area (Å²) in [5, 5.41) is 11.5. The molecule has 0 amide bonds. The van der Waals surface area contributed by atoms with Crippen LogP contribution in [0.4, 0.5) is 8.78 Å². The van der Waals surface area contributed by atoms with Gasteiger partial charge in [-0.25, -0.2) is 13.8 Å². The molecule has 0 fully saturated rings. The van der Waals surface area contributed by atoms with Gasteiger partial charge in [0.05, 0.1) is 23.9 Å². The van der Waals surface area contributed by atoms with Crippen molar-refractivity contribution in [3.63, 3.8) is 0 Å². The van der Waals surface area contributed by atoms with E-state index in [2.05, 4.69) is 10.3 Å². The highest BCUT2D eigenvalue weighted by Crippen LogP contribution is 2.15. The van der Waals surface area contributed by atoms with Crippen molar-refractivity contribution in [2.24, 2.45) is 0 Å². The van der Waals surface area contributed by atoms with Crippen LogP contribution >= 0.6 is 0 Å². The molecular weight excluding hydrogens is 264 g/mol. The van der Waals surface area contributed by atoms with Gasteiger partial charge < -0.3 is 9.73 Å². The van der Waals surface area contributed by atoms with Gasteiger partial charge in [0, 0.05) is 12.1 Å². The van der Waals surface area contributed by atoms with Gasteiger partial charge in [-0.15, -0.1) is 0 Å². The van der Waals surface area contributed by atoms with Crippen molar-refractivity contribution in [1.29, 1.82) is 5.26 Å². The number of nitrogens with one attached hydrogen (secondary N) is 1. The molecule has 0 unspecified atom stereocenters. The van der Waals surface area contributed by atoms with Gasteiger partial charge in [-0.2, -0.15) is 5.26 Å². The van der Waals surface area contributed by atoms with Gasteiger partial charge in [0.15, 0.2) is 0 Å². The smallest absolute Gasteiger partial charge is 0.208 e. The molecule has 1 N–H and O–H groups in total. The van der Waals surface area contributed by atoms with Crippen molar-refractivity contribution in [2.75, 3.05) is 0 Å². The molecule has 0 saturated heterocycles. The Morgan fingerprint density at radius 3 is 2.40 bits per heavy atom. The van der Waals surface area contributed by atoms with E-state index < -0.39 is 11.6 Å². The van der Waals surface area contributed by atoms with Crippen LogP contribution in [0.5, 0.6) is 0 Å². The van der Waals surface area contributed by atoms with Gasteiger partial charge in [-0.1, -0.05) is 0 Å². The van der Waals surface area contributed by atoms with Crippen molar-refractivity contribution < 1.29 is 13.2 Å². The van der Waals surface area contributed by atoms with E-state index in [1.165, 1.54) is 0 Å². The van der Waals surface area contributed by atoms with Crippen LogP contribution in [0.1, 0.15) is 28.5 Å². The van der Waals surface area contributed by atoms with Gasteiger partial charge in [0.25, 0.3) is 0 Å². The molecule has 0 radical (unpaired) electrons. The maximum absolute atomic E-state index is 13.6. The van der Waals surface area contributed by atoms with E-state index in [9.17, 15) is 8.78 Å². The molecule has 0 aliphatic heterocycles. The topological polar surface area (TPSA) is 61.9 Å². The molecule has 0 saturated carbocycles. The van der Waals surface area contributed by atoms with Crippen LogP contribution in [0.15, 0.2) is 16.5 Å². The zero-order valence-electron chi connectivity index (χ0n) is 11.1. The van der Waals surface area contributed by atoms with Crippen LogP contribution in [0, 0.1) is 36.8 Å². The average molecular weight is 277 g/mol. The Bertz CT molecular complexity index is 631. The summed E-state index contributed by atoms with van der Waals surface area (Å²) in [6.07, 6.45) is 0. The van der Waals surface area contributed by atoms with E-state index in [0.29, 0.717) is 5.89 Å². The first-order valence-electron chi connectivity index (χ1n) is 6.03. The fourth-order valence-electron chi connectivity index (χ4n) is 1.75. The van der Waals surface area contributed by atoms with E-state index in [4.69, 9.17) is 9.68 Å². The fraction of sp³-hybridized carbons (Fsp3) is 0.286. The Balaban J connectivity index is 2.03. The van der Waals surface area contributed by atoms with Gasteiger partial charge in [0.2, 0.25) is 5.89 Å². The largest absolute Gasteiger partial charge is 0.444 e. The second-order valence-electron chi connectivity index (χ2n) is 4.38. The molecule has 1 heterocycles. The number of halogens is 2. The number of hydrogen-bond donors (Lipinski definition) is 1. The Morgan fingerprint density at radius 2 is 1.90 bits per heavy atom. The van der Waals surface area contributed by atoms with E-state index in [1.807, 2.05) is 6.92 Å². The van der Waals surface area contributed by atoms with Crippen molar-refractivity contribution in [1.82, 2.24) is 10.3 Å². The molecule has 0 bridgehead atoms. The first-order valence-corrected chi connectivity index (χ1v) is 6.03. The second kappa shape index (κ2) is 5.80. The van der Waals surface area contributed by atoms with Crippen LogP contribution in [-0.4, -0.2) is 4.98 Å². The van der Waals surface area contributed by atoms with Crippen molar-refractivity contribution >= 4 is 0 Å². The molecule has 104 valence electrons. The van der Waals surface area contributed by atoms with Crippen molar-refractivity contribution in [3.05, 3.63) is 52.2 Å². The number of nitrogens with zero attached hydrogens (tertiary/aromatic N) is 2. The number of aromatic nitrogens is 1. The first kappa shape index (κ1) is 14.2. The zero-order valence-corrected chi connectivity index (χ0v) is 11.1. The highest BCUT2D eigenvalue weighted by Gasteiger charge is 2.12. The molecule has 4 nitrogen and oxygen atoms in total. The summed E-state index contributed by atoms with van der Waals surface area (Å²) in [5.74, 6) is -0.297. The monoisotopic (exact) mass is 277 g/mol. The fourth-order valence-corrected chi connectivity index (χ4v) is 1.75. The van der Waals surface area contributed by atoms with Crippen LogP contribution in [-0.2, 0) is 13.1 Å². The van der Waals surface area contributed by atoms with Crippen molar-refractivity contribution in [2.45, 2.75) is 26.9 Å². The van der Waals surface area contributed by atoms with Gasteiger partial charge in [0.1, 0.15) is 17.4 Å². The molecule has 0 atom stereocenters. The van der Waals surface area contributed by atoms with E-state index in [1.54, 1.807) is 13.0 Å². The minimum Gasteiger partial charge on any atom is -0.444 e. The lowest BCUT2D eigenvalue weighted by atomic mass is 10.1. The minimum absolute atomic E-state index is 0.0101. The van der Waals surface area contributed by atoms with E-state index in [-0.39, 0.29) is 24.2 Å². The van der Waals surface area contributed by atoms with Crippen LogP contribution < -0.4 is 5.32 Å². The third-order valence-electron chi connectivity index (χ3n) is 2.92. The van der Waals surface area contributed by atoms with Gasteiger partial charge >= 0.3 is 0 Å². The number of benzene rings is 1. The molecule has 0 spiro atoms. The van der Waals surface area contributed by atoms with Crippen LogP contribution in [0.2, 0.25) is 0 Å². The Labute approximate surface area is 115 Å². The summed E-state index contributed by atoms with van der Waals surface area (Å²) in [6, 6.07) is 3.73. The quantitative estimate of drug-likeness (QED) is 0.933. The number of aryl methyl sites for hydroxylation is 2. The number of hydrogen-bond acceptors (Lipinski definition) is 4. The zero-order chi connectivity index (χ0) is 14.7. The maximum Gasteiger partial charge on any atom is 0.208 e. The molecular formula is C14H13F2N3O. The van der Waals surface area contributed by atoms with Crippen molar-refractivity contribution in [3.8, 4) is 6.07 Å². The summed E-state index contributed by atoms with van der Waals surface area (Å²) in [4.78, 5) is 4.15. The lowest BCUT2D eigenvalue weighted by Crippen LogP contribution is -2.15. The summed E-state index contributed by atoms with van der Waals surface area (Å²) in [5.41, 5.74) is 0.643. The van der Waals surface area contributed by atoms with Gasteiger partial charge in [-0.05, 0) is 26.0 Å². The highest BCUT2D eigenvalue weighted by molar-refractivity contribution is 5.34. The Morgan fingerprint density at radius 1 is 1.25 bits per heavy atom. The summed E-state index contributed by atoms with van der Waals surface area (Å²) in [6.45, 7) is 3.88. The lowest BCUT2D eigenvalue weighted by molar-refractivity contribution is 0.443. The van der Waals surface area contributed by atoms with E-state index in [0.717, 1.165) is 23.6 Å². The minimum atomic E-state index is -0.742. The second-order valence-corrected chi connectivity index (χ2v) is 4.38. The third kappa shape index (κ3) is 3.00. The SMILES string of the molecule is Cc1nc(CNCc2c(F)cc(C#N)cc2F)oc1C. The van der Waals surface area contributed by atoms with Crippen LogP contribution in [0.25, 0.3) is 0 Å². The summed E-state index contributed by atoms with van der Waals surface area (Å²) >= 11 is 0. The Kier molecular flexibility index (Phi) is 4.11. The predicted molar refractivity (Wildman–Crippen MR) is 67.6 cm³/mol. The Hall–Kier alpha value is -2.26. The maximum atomic E-state index is 13.6. The summed E-state index contributed by atoms with van der Waals surface area (Å²) in [7, 11) is 0. The molecule has 2 aromatic rings. The molecule has 6 heteroatoms. The number of nitriles is 1. The number of oxazole rings is 1. The lowest BCUT2D eigenvalue weighted by Gasteiger charge is -2.06. The normalized spacial score (nSPS) is 10.6. The number of rotatable bonds is 4. The molecule has 20 heavy (non-hydrogen) atoms. The standard InChI is InChI=1S/C14H13F2N3O/c1-8-9(2)20-14(19-8)7-18-6-11-12(15)3-10(5-17)4-13(11)16/h3-4,18H,6-7H2,1-2H3. The molecule has 2 rings (SSSR count).